The molecular formula is C18H17ClN6S. The zero-order valence-corrected chi connectivity index (χ0v) is 15.6. The molecule has 0 radical (unpaired) electrons. The topological polar surface area (TPSA) is 81.5 Å². The van der Waals surface area contributed by atoms with E-state index in [4.69, 9.17) is 21.8 Å². The van der Waals surface area contributed by atoms with Crippen LogP contribution in [-0.2, 0) is 6.54 Å². The van der Waals surface area contributed by atoms with Gasteiger partial charge in [-0.1, -0.05) is 28.9 Å². The maximum atomic E-state index is 9.09. The van der Waals surface area contributed by atoms with Crippen LogP contribution in [0.2, 0.25) is 5.02 Å². The Morgan fingerprint density at radius 3 is 2.77 bits per heavy atom. The van der Waals surface area contributed by atoms with Crippen LogP contribution in [-0.4, -0.2) is 38.4 Å². The van der Waals surface area contributed by atoms with Gasteiger partial charge in [-0.15, -0.1) is 16.4 Å². The van der Waals surface area contributed by atoms with Gasteiger partial charge in [-0.2, -0.15) is 5.26 Å². The van der Waals surface area contributed by atoms with E-state index in [9.17, 15) is 0 Å². The van der Waals surface area contributed by atoms with Gasteiger partial charge in [0.15, 0.2) is 5.69 Å². The summed E-state index contributed by atoms with van der Waals surface area (Å²) in [5, 5.41) is 23.2. The van der Waals surface area contributed by atoms with Gasteiger partial charge in [0, 0.05) is 22.9 Å². The predicted octanol–water partition coefficient (Wildman–Crippen LogP) is 3.83. The summed E-state index contributed by atoms with van der Waals surface area (Å²) in [6.07, 6.45) is 2.18. The smallest absolute Gasteiger partial charge is 0.165 e. The van der Waals surface area contributed by atoms with E-state index in [1.165, 1.54) is 5.56 Å². The Labute approximate surface area is 160 Å². The first-order chi connectivity index (χ1) is 12.7. The number of H-pyrrole nitrogens is 1. The monoisotopic (exact) mass is 384 g/mol. The molecule has 0 atom stereocenters. The van der Waals surface area contributed by atoms with Crippen molar-refractivity contribution in [3.63, 3.8) is 0 Å². The average Bonchev–Trinajstić information content (AvgIpc) is 3.33. The summed E-state index contributed by atoms with van der Waals surface area (Å²) in [6, 6.07) is 10.1. The molecule has 1 saturated heterocycles. The molecular weight excluding hydrogens is 368 g/mol. The van der Waals surface area contributed by atoms with Gasteiger partial charge < -0.3 is 0 Å². The van der Waals surface area contributed by atoms with Gasteiger partial charge in [0.1, 0.15) is 17.5 Å². The largest absolute Gasteiger partial charge is 0.299 e. The minimum atomic E-state index is 0.361. The van der Waals surface area contributed by atoms with Crippen LogP contribution in [0, 0.1) is 11.3 Å². The molecule has 0 saturated carbocycles. The number of thiazole rings is 1. The zero-order chi connectivity index (χ0) is 17.9. The number of hydrogen-bond acceptors (Lipinski definition) is 6. The van der Waals surface area contributed by atoms with E-state index in [2.05, 4.69) is 38.5 Å². The molecule has 2 aromatic heterocycles. The fourth-order valence-corrected chi connectivity index (χ4v) is 4.36. The summed E-state index contributed by atoms with van der Waals surface area (Å²) in [4.78, 5) is 7.19. The Balaban J connectivity index is 1.38. The number of aromatic amines is 1. The van der Waals surface area contributed by atoms with Crippen molar-refractivity contribution in [1.82, 2.24) is 25.3 Å². The number of halogens is 1. The van der Waals surface area contributed by atoms with Crippen molar-refractivity contribution in [3.8, 4) is 17.5 Å². The third-order valence-electron chi connectivity index (χ3n) is 4.68. The van der Waals surface area contributed by atoms with Gasteiger partial charge in [-0.3, -0.25) is 4.90 Å². The van der Waals surface area contributed by atoms with Crippen molar-refractivity contribution < 1.29 is 0 Å². The quantitative estimate of drug-likeness (QED) is 0.739. The molecule has 0 bridgehead atoms. The lowest BCUT2D eigenvalue weighted by Crippen LogP contribution is -2.32. The fourth-order valence-electron chi connectivity index (χ4n) is 3.26. The predicted molar refractivity (Wildman–Crippen MR) is 101 cm³/mol. The number of piperidine rings is 1. The molecule has 1 aliphatic heterocycles. The molecule has 1 aromatic carbocycles. The van der Waals surface area contributed by atoms with E-state index < -0.39 is 0 Å². The molecule has 1 N–H and O–H groups in total. The SMILES string of the molecule is N#Cc1[nH]nnc1-c1csc(C2CCN(Cc3ccc(Cl)cc3)CC2)n1. The van der Waals surface area contributed by atoms with Crippen molar-refractivity contribution in [1.29, 1.82) is 5.26 Å². The van der Waals surface area contributed by atoms with Gasteiger partial charge in [0.2, 0.25) is 0 Å². The number of rotatable bonds is 4. The standard InChI is InChI=1S/C18H17ClN6S/c19-14-3-1-12(2-4-14)10-25-7-5-13(6-8-25)18-21-16(11-26-18)17-15(9-20)22-24-23-17/h1-4,11,13H,5-8,10H2,(H,22,23,24). The number of nitrogens with zero attached hydrogens (tertiary/aromatic N) is 5. The molecule has 3 aromatic rings. The second-order valence-electron chi connectivity index (χ2n) is 6.40. The molecule has 132 valence electrons. The normalized spacial score (nSPS) is 15.8. The van der Waals surface area contributed by atoms with E-state index in [0.717, 1.165) is 48.2 Å². The van der Waals surface area contributed by atoms with Gasteiger partial charge >= 0.3 is 0 Å². The number of nitrogens with one attached hydrogen (secondary N) is 1. The van der Waals surface area contributed by atoms with Gasteiger partial charge in [0.25, 0.3) is 0 Å². The molecule has 4 rings (SSSR count). The summed E-state index contributed by atoms with van der Waals surface area (Å²) in [5.74, 6) is 0.465. The van der Waals surface area contributed by atoms with E-state index in [0.29, 0.717) is 17.3 Å². The molecule has 0 aliphatic carbocycles. The molecule has 3 heterocycles. The number of benzene rings is 1. The van der Waals surface area contributed by atoms with Gasteiger partial charge in [-0.05, 0) is 43.6 Å². The van der Waals surface area contributed by atoms with Crippen LogP contribution >= 0.6 is 22.9 Å². The van der Waals surface area contributed by atoms with Crippen LogP contribution in [0.3, 0.4) is 0 Å². The third kappa shape index (κ3) is 3.63. The molecule has 0 amide bonds. The lowest BCUT2D eigenvalue weighted by molar-refractivity contribution is 0.204. The van der Waals surface area contributed by atoms with Crippen LogP contribution in [0.25, 0.3) is 11.4 Å². The summed E-state index contributed by atoms with van der Waals surface area (Å²) in [6.45, 7) is 3.06. The van der Waals surface area contributed by atoms with Gasteiger partial charge in [0.05, 0.1) is 5.01 Å². The lowest BCUT2D eigenvalue weighted by atomic mass is 9.97. The minimum absolute atomic E-state index is 0.361. The molecule has 1 fully saturated rings. The third-order valence-corrected chi connectivity index (χ3v) is 5.94. The Morgan fingerprint density at radius 2 is 2.04 bits per heavy atom. The molecule has 1 aliphatic rings. The highest BCUT2D eigenvalue weighted by atomic mass is 35.5. The summed E-state index contributed by atoms with van der Waals surface area (Å²) < 4.78 is 0. The molecule has 6 nitrogen and oxygen atoms in total. The first-order valence-corrected chi connectivity index (χ1v) is 9.72. The first-order valence-electron chi connectivity index (χ1n) is 8.46. The zero-order valence-electron chi connectivity index (χ0n) is 14.0. The number of hydrogen-bond donors (Lipinski definition) is 1. The van der Waals surface area contributed by atoms with Crippen LogP contribution < -0.4 is 0 Å². The fraction of sp³-hybridized carbons (Fsp3) is 0.333. The molecule has 0 spiro atoms. The number of aromatic nitrogens is 4. The Hall–Kier alpha value is -2.27. The van der Waals surface area contributed by atoms with Crippen LogP contribution in [0.15, 0.2) is 29.6 Å². The van der Waals surface area contributed by atoms with E-state index >= 15 is 0 Å². The number of likely N-dealkylation sites (tertiary alicyclic amines) is 1. The second-order valence-corrected chi connectivity index (χ2v) is 7.72. The Kier molecular flexibility index (Phi) is 4.98. The van der Waals surface area contributed by atoms with Crippen molar-refractivity contribution >= 4 is 22.9 Å². The van der Waals surface area contributed by atoms with Crippen molar-refractivity contribution in [2.75, 3.05) is 13.1 Å². The first kappa shape index (κ1) is 17.2. The Bertz CT molecular complexity index is 918. The molecule has 8 heteroatoms. The minimum Gasteiger partial charge on any atom is -0.299 e. The van der Waals surface area contributed by atoms with Crippen molar-refractivity contribution in [2.24, 2.45) is 0 Å². The summed E-state index contributed by atoms with van der Waals surface area (Å²) in [7, 11) is 0. The second kappa shape index (κ2) is 7.54. The van der Waals surface area contributed by atoms with E-state index in [1.54, 1.807) is 11.3 Å². The summed E-state index contributed by atoms with van der Waals surface area (Å²) in [5.41, 5.74) is 2.92. The summed E-state index contributed by atoms with van der Waals surface area (Å²) >= 11 is 7.60. The van der Waals surface area contributed by atoms with Gasteiger partial charge in [-0.25, -0.2) is 10.1 Å². The van der Waals surface area contributed by atoms with Crippen LogP contribution in [0.1, 0.15) is 35.0 Å². The average molecular weight is 385 g/mol. The maximum absolute atomic E-state index is 9.09. The Morgan fingerprint density at radius 1 is 1.27 bits per heavy atom. The molecule has 26 heavy (non-hydrogen) atoms. The van der Waals surface area contributed by atoms with E-state index in [-0.39, 0.29) is 0 Å². The van der Waals surface area contributed by atoms with Crippen LogP contribution in [0.4, 0.5) is 0 Å². The highest BCUT2D eigenvalue weighted by Gasteiger charge is 2.24. The van der Waals surface area contributed by atoms with Crippen molar-refractivity contribution in [2.45, 2.75) is 25.3 Å². The van der Waals surface area contributed by atoms with E-state index in [1.807, 2.05) is 17.5 Å². The molecule has 0 unspecified atom stereocenters. The van der Waals surface area contributed by atoms with Crippen LogP contribution in [0.5, 0.6) is 0 Å². The number of nitriles is 1. The maximum Gasteiger partial charge on any atom is 0.165 e. The highest BCUT2D eigenvalue weighted by Crippen LogP contribution is 2.33. The highest BCUT2D eigenvalue weighted by molar-refractivity contribution is 7.10. The lowest BCUT2D eigenvalue weighted by Gasteiger charge is -2.31. The van der Waals surface area contributed by atoms with Crippen molar-refractivity contribution in [3.05, 3.63) is 50.9 Å².